The molecule has 1 saturated carbocycles. The standard InChI is InChI=1S/C14H26NO3P/c1-13(2,3)18-12(16)15-9-14(10-19(4,5)17)7-6-11(15)8-14/h11H,6-10H2,1-5H3. The molecular formula is C14H26NO3P. The highest BCUT2D eigenvalue weighted by atomic mass is 31.2. The monoisotopic (exact) mass is 287 g/mol. The number of piperidine rings is 1. The fourth-order valence-corrected chi connectivity index (χ4v) is 5.62. The Balaban J connectivity index is 2.05. The maximum atomic E-state index is 12.2. The third-order valence-electron chi connectivity index (χ3n) is 3.97. The maximum Gasteiger partial charge on any atom is 0.410 e. The Bertz CT molecular complexity index is 423. The Morgan fingerprint density at radius 3 is 2.58 bits per heavy atom. The van der Waals surface area contributed by atoms with Crippen LogP contribution in [0.5, 0.6) is 0 Å². The van der Waals surface area contributed by atoms with Crippen LogP contribution >= 0.6 is 7.14 Å². The van der Waals surface area contributed by atoms with E-state index in [1.807, 2.05) is 39.0 Å². The topological polar surface area (TPSA) is 46.6 Å². The molecule has 1 amide bonds. The molecule has 110 valence electrons. The van der Waals surface area contributed by atoms with Crippen molar-refractivity contribution < 1.29 is 14.1 Å². The van der Waals surface area contributed by atoms with E-state index in [1.165, 1.54) is 0 Å². The third kappa shape index (κ3) is 3.53. The molecule has 0 aromatic rings. The van der Waals surface area contributed by atoms with Crippen molar-refractivity contribution in [3.05, 3.63) is 0 Å². The molecule has 19 heavy (non-hydrogen) atoms. The predicted octanol–water partition coefficient (Wildman–Crippen LogP) is 3.40. The summed E-state index contributed by atoms with van der Waals surface area (Å²) in [5.74, 6) is 0. The normalized spacial score (nSPS) is 30.8. The minimum Gasteiger partial charge on any atom is -0.444 e. The van der Waals surface area contributed by atoms with E-state index in [-0.39, 0.29) is 11.5 Å². The summed E-state index contributed by atoms with van der Waals surface area (Å²) in [5.41, 5.74) is -0.364. The minimum absolute atomic E-state index is 0.0839. The number of amides is 1. The highest BCUT2D eigenvalue weighted by Crippen LogP contribution is 2.55. The number of hydrogen-bond acceptors (Lipinski definition) is 3. The molecule has 1 heterocycles. The summed E-state index contributed by atoms with van der Waals surface area (Å²) >= 11 is 0. The summed E-state index contributed by atoms with van der Waals surface area (Å²) in [4.78, 5) is 14.1. The molecule has 2 unspecified atom stereocenters. The van der Waals surface area contributed by atoms with Crippen molar-refractivity contribution in [2.24, 2.45) is 5.41 Å². The highest BCUT2D eigenvalue weighted by Gasteiger charge is 2.53. The van der Waals surface area contributed by atoms with E-state index in [0.29, 0.717) is 6.04 Å². The van der Waals surface area contributed by atoms with E-state index in [9.17, 15) is 9.36 Å². The molecular weight excluding hydrogens is 261 g/mol. The van der Waals surface area contributed by atoms with E-state index in [4.69, 9.17) is 4.74 Å². The Kier molecular flexibility index (Phi) is 3.54. The maximum absolute atomic E-state index is 12.2. The number of carbonyl (C=O) groups is 1. The number of hydrogen-bond donors (Lipinski definition) is 0. The van der Waals surface area contributed by atoms with Gasteiger partial charge in [0.25, 0.3) is 0 Å². The first-order valence-electron chi connectivity index (χ1n) is 7.03. The molecule has 2 bridgehead atoms. The van der Waals surface area contributed by atoms with Gasteiger partial charge in [-0.2, -0.15) is 0 Å². The van der Waals surface area contributed by atoms with Gasteiger partial charge < -0.3 is 14.2 Å². The van der Waals surface area contributed by atoms with Gasteiger partial charge in [0.15, 0.2) is 0 Å². The van der Waals surface area contributed by atoms with Crippen LogP contribution < -0.4 is 0 Å². The first kappa shape index (κ1) is 14.9. The predicted molar refractivity (Wildman–Crippen MR) is 77.3 cm³/mol. The van der Waals surface area contributed by atoms with Gasteiger partial charge in [0.2, 0.25) is 0 Å². The largest absolute Gasteiger partial charge is 0.444 e. The van der Waals surface area contributed by atoms with Crippen LogP contribution in [0.1, 0.15) is 40.0 Å². The first-order valence-corrected chi connectivity index (χ1v) is 9.82. The second-order valence-electron chi connectivity index (χ2n) is 7.74. The molecule has 1 saturated heterocycles. The van der Waals surface area contributed by atoms with E-state index < -0.39 is 12.7 Å². The van der Waals surface area contributed by atoms with Crippen LogP contribution in [0.2, 0.25) is 0 Å². The van der Waals surface area contributed by atoms with Crippen molar-refractivity contribution in [2.75, 3.05) is 26.0 Å². The fourth-order valence-electron chi connectivity index (χ4n) is 3.61. The minimum atomic E-state index is -2.05. The number of carbonyl (C=O) groups excluding carboxylic acids is 1. The number of fused-ring (bicyclic) bond motifs is 2. The van der Waals surface area contributed by atoms with Gasteiger partial charge in [-0.15, -0.1) is 0 Å². The van der Waals surface area contributed by atoms with E-state index in [1.54, 1.807) is 0 Å². The number of likely N-dealkylation sites (tertiary alicyclic amines) is 1. The van der Waals surface area contributed by atoms with Crippen LogP contribution in [-0.4, -0.2) is 48.7 Å². The molecule has 0 radical (unpaired) electrons. The average molecular weight is 287 g/mol. The zero-order valence-electron chi connectivity index (χ0n) is 12.7. The molecule has 0 N–H and O–H groups in total. The van der Waals surface area contributed by atoms with Crippen LogP contribution in [0.3, 0.4) is 0 Å². The van der Waals surface area contributed by atoms with Crippen molar-refractivity contribution in [3.8, 4) is 0 Å². The Hall–Kier alpha value is -0.500. The van der Waals surface area contributed by atoms with Gasteiger partial charge in [0, 0.05) is 18.7 Å². The summed E-state index contributed by atoms with van der Waals surface area (Å²) < 4.78 is 17.6. The van der Waals surface area contributed by atoms with Gasteiger partial charge in [-0.25, -0.2) is 4.79 Å². The molecule has 0 spiro atoms. The lowest BCUT2D eigenvalue weighted by Gasteiger charge is -2.34. The fraction of sp³-hybridized carbons (Fsp3) is 0.929. The van der Waals surface area contributed by atoms with Crippen molar-refractivity contribution in [1.82, 2.24) is 4.90 Å². The summed E-state index contributed by atoms with van der Waals surface area (Å²) in [5, 5.41) is 0. The summed E-state index contributed by atoms with van der Waals surface area (Å²) in [7, 11) is -2.05. The molecule has 0 aromatic carbocycles. The van der Waals surface area contributed by atoms with Crippen molar-refractivity contribution in [1.29, 1.82) is 0 Å². The lowest BCUT2D eigenvalue weighted by atomic mass is 9.90. The van der Waals surface area contributed by atoms with Crippen LogP contribution in [0, 0.1) is 5.41 Å². The molecule has 5 heteroatoms. The quantitative estimate of drug-likeness (QED) is 0.731. The number of ether oxygens (including phenoxy) is 1. The highest BCUT2D eigenvalue weighted by molar-refractivity contribution is 7.62. The average Bonchev–Trinajstić information content (AvgIpc) is 2.68. The SMILES string of the molecule is CC(C)(C)OC(=O)N1CC2(CP(C)(C)=O)CCC1C2. The van der Waals surface area contributed by atoms with Crippen molar-refractivity contribution >= 4 is 13.2 Å². The summed E-state index contributed by atoms with van der Waals surface area (Å²) in [6.45, 7) is 10.1. The molecule has 2 rings (SSSR count). The second-order valence-corrected chi connectivity index (χ2v) is 11.2. The Labute approximate surface area is 116 Å². The smallest absolute Gasteiger partial charge is 0.410 e. The van der Waals surface area contributed by atoms with Crippen LogP contribution in [0.25, 0.3) is 0 Å². The van der Waals surface area contributed by atoms with Gasteiger partial charge in [-0.1, -0.05) is 0 Å². The van der Waals surface area contributed by atoms with Gasteiger partial charge in [0.1, 0.15) is 5.60 Å². The molecule has 1 aliphatic carbocycles. The first-order chi connectivity index (χ1) is 8.50. The van der Waals surface area contributed by atoms with Crippen LogP contribution in [-0.2, 0) is 9.30 Å². The lowest BCUT2D eigenvalue weighted by molar-refractivity contribution is 0.0166. The van der Waals surface area contributed by atoms with Gasteiger partial charge in [0.05, 0.1) is 7.14 Å². The third-order valence-corrected chi connectivity index (χ3v) is 5.40. The summed E-state index contributed by atoms with van der Waals surface area (Å²) in [6.07, 6.45) is 3.68. The second kappa shape index (κ2) is 4.51. The zero-order valence-corrected chi connectivity index (χ0v) is 13.6. The Morgan fingerprint density at radius 2 is 2.05 bits per heavy atom. The van der Waals surface area contributed by atoms with Gasteiger partial charge in [-0.05, 0) is 58.8 Å². The molecule has 2 aliphatic rings. The van der Waals surface area contributed by atoms with Gasteiger partial charge >= 0.3 is 6.09 Å². The number of rotatable bonds is 2. The molecule has 1 aliphatic heterocycles. The molecule has 0 aromatic heterocycles. The van der Waals surface area contributed by atoms with E-state index >= 15 is 0 Å². The van der Waals surface area contributed by atoms with Gasteiger partial charge in [-0.3, -0.25) is 0 Å². The van der Waals surface area contributed by atoms with Crippen molar-refractivity contribution in [2.45, 2.75) is 51.7 Å². The molecule has 2 atom stereocenters. The molecule has 4 nitrogen and oxygen atoms in total. The van der Waals surface area contributed by atoms with Crippen LogP contribution in [0.4, 0.5) is 4.79 Å². The van der Waals surface area contributed by atoms with E-state index in [0.717, 1.165) is 32.0 Å². The van der Waals surface area contributed by atoms with Crippen LogP contribution in [0.15, 0.2) is 0 Å². The molecule has 2 fully saturated rings. The van der Waals surface area contributed by atoms with E-state index in [2.05, 4.69) is 0 Å². The summed E-state index contributed by atoms with van der Waals surface area (Å²) in [6, 6.07) is 0.293. The number of nitrogens with zero attached hydrogens (tertiary/aromatic N) is 1. The zero-order chi connectivity index (χ0) is 14.5. The Morgan fingerprint density at radius 1 is 1.42 bits per heavy atom. The van der Waals surface area contributed by atoms with Crippen molar-refractivity contribution in [3.63, 3.8) is 0 Å². The lowest BCUT2D eigenvalue weighted by Crippen LogP contribution is -2.43.